The number of carbonyl (C=O) groups excluding carboxylic acids is 1. The zero-order valence-electron chi connectivity index (χ0n) is 14.6. The largest absolute Gasteiger partial charge is 0.362 e. The molecule has 0 radical (unpaired) electrons. The Morgan fingerprint density at radius 2 is 1.88 bits per heavy atom. The molecule has 26 heavy (non-hydrogen) atoms. The van der Waals surface area contributed by atoms with Crippen LogP contribution in [0.1, 0.15) is 30.6 Å². The van der Waals surface area contributed by atoms with Gasteiger partial charge in [-0.2, -0.15) is 0 Å². The second kappa shape index (κ2) is 8.76. The van der Waals surface area contributed by atoms with Crippen molar-refractivity contribution in [1.82, 2.24) is 10.2 Å². The highest BCUT2D eigenvalue weighted by Crippen LogP contribution is 2.34. The van der Waals surface area contributed by atoms with Gasteiger partial charge in [-0.15, -0.1) is 0 Å². The van der Waals surface area contributed by atoms with E-state index in [0.29, 0.717) is 29.7 Å². The molecular formula is C20H22Cl2N2O2. The summed E-state index contributed by atoms with van der Waals surface area (Å²) < 4.78 is 6.31. The minimum atomic E-state index is -0.299. The fourth-order valence-electron chi connectivity index (χ4n) is 2.88. The monoisotopic (exact) mass is 392 g/mol. The number of hydrogen-bond acceptors (Lipinski definition) is 2. The topological polar surface area (TPSA) is 41.6 Å². The van der Waals surface area contributed by atoms with Crippen LogP contribution in [0.5, 0.6) is 0 Å². The lowest BCUT2D eigenvalue weighted by Gasteiger charge is -2.40. The first-order valence-corrected chi connectivity index (χ1v) is 9.52. The zero-order valence-corrected chi connectivity index (χ0v) is 16.1. The minimum Gasteiger partial charge on any atom is -0.362 e. The van der Waals surface area contributed by atoms with E-state index in [1.165, 1.54) is 0 Å². The highest BCUT2D eigenvalue weighted by Gasteiger charge is 2.34. The number of nitrogens with zero attached hydrogens (tertiary/aromatic N) is 1. The highest BCUT2D eigenvalue weighted by atomic mass is 35.5. The van der Waals surface area contributed by atoms with E-state index in [-0.39, 0.29) is 18.2 Å². The standard InChI is InChI=1S/C20H22Cl2N2O2/c1-2-11-23-20(25)24-12-16(13-24)26-19(14-7-9-15(21)10-8-14)17-5-3-4-6-18(17)22/h3-10,16,19H,2,11-13H2,1H3,(H,23,25). The van der Waals surface area contributed by atoms with Crippen molar-refractivity contribution in [2.75, 3.05) is 19.6 Å². The van der Waals surface area contributed by atoms with Gasteiger partial charge in [-0.25, -0.2) is 4.79 Å². The third kappa shape index (κ3) is 4.50. The van der Waals surface area contributed by atoms with Gasteiger partial charge in [-0.3, -0.25) is 0 Å². The molecular weight excluding hydrogens is 371 g/mol. The van der Waals surface area contributed by atoms with Crippen LogP contribution in [0.25, 0.3) is 0 Å². The lowest BCUT2D eigenvalue weighted by molar-refractivity contribution is -0.0645. The molecule has 1 aliphatic heterocycles. The number of ether oxygens (including phenoxy) is 1. The van der Waals surface area contributed by atoms with E-state index in [0.717, 1.165) is 17.5 Å². The fraction of sp³-hybridized carbons (Fsp3) is 0.350. The Bertz CT molecular complexity index is 746. The number of urea groups is 1. The van der Waals surface area contributed by atoms with Crippen LogP contribution in [0, 0.1) is 0 Å². The van der Waals surface area contributed by atoms with Crippen molar-refractivity contribution in [1.29, 1.82) is 0 Å². The molecule has 1 heterocycles. The Labute approximate surface area is 164 Å². The normalized spacial score (nSPS) is 15.4. The molecule has 6 heteroatoms. The van der Waals surface area contributed by atoms with Crippen LogP contribution in [0.15, 0.2) is 48.5 Å². The third-order valence-electron chi connectivity index (χ3n) is 4.35. The Hall–Kier alpha value is -1.75. The first-order valence-electron chi connectivity index (χ1n) is 8.76. The Morgan fingerprint density at radius 1 is 1.19 bits per heavy atom. The summed E-state index contributed by atoms with van der Waals surface area (Å²) in [5.74, 6) is 0. The number of rotatable bonds is 6. The Kier molecular flexibility index (Phi) is 6.41. The van der Waals surface area contributed by atoms with Crippen molar-refractivity contribution in [3.05, 3.63) is 69.7 Å². The van der Waals surface area contributed by atoms with Crippen molar-refractivity contribution in [2.45, 2.75) is 25.6 Å². The lowest BCUT2D eigenvalue weighted by Crippen LogP contribution is -2.58. The van der Waals surface area contributed by atoms with E-state index in [1.54, 1.807) is 4.90 Å². The van der Waals surface area contributed by atoms with Gasteiger partial charge in [0.2, 0.25) is 0 Å². The van der Waals surface area contributed by atoms with E-state index in [1.807, 2.05) is 55.5 Å². The van der Waals surface area contributed by atoms with Gasteiger partial charge in [0.1, 0.15) is 6.10 Å². The molecule has 1 fully saturated rings. The molecule has 0 bridgehead atoms. The summed E-state index contributed by atoms with van der Waals surface area (Å²) >= 11 is 12.4. The molecule has 2 aromatic rings. The molecule has 4 nitrogen and oxygen atoms in total. The van der Waals surface area contributed by atoms with Gasteiger partial charge in [0.05, 0.1) is 19.2 Å². The van der Waals surface area contributed by atoms with E-state index in [4.69, 9.17) is 27.9 Å². The Morgan fingerprint density at radius 3 is 2.54 bits per heavy atom. The summed E-state index contributed by atoms with van der Waals surface area (Å²) in [5.41, 5.74) is 1.89. The number of likely N-dealkylation sites (tertiary alicyclic amines) is 1. The lowest BCUT2D eigenvalue weighted by atomic mass is 10.0. The summed E-state index contributed by atoms with van der Waals surface area (Å²) in [5, 5.41) is 4.21. The summed E-state index contributed by atoms with van der Waals surface area (Å²) in [6.07, 6.45) is 0.594. The van der Waals surface area contributed by atoms with Gasteiger partial charge in [0.15, 0.2) is 0 Å². The summed E-state index contributed by atoms with van der Waals surface area (Å²) in [6, 6.07) is 15.2. The molecule has 1 saturated heterocycles. The van der Waals surface area contributed by atoms with Crippen LogP contribution in [-0.4, -0.2) is 36.7 Å². The van der Waals surface area contributed by atoms with Crippen LogP contribution in [-0.2, 0) is 4.74 Å². The number of amides is 2. The van der Waals surface area contributed by atoms with Gasteiger partial charge in [-0.1, -0.05) is 60.5 Å². The maximum Gasteiger partial charge on any atom is 0.317 e. The van der Waals surface area contributed by atoms with Crippen molar-refractivity contribution >= 4 is 29.2 Å². The highest BCUT2D eigenvalue weighted by molar-refractivity contribution is 6.31. The molecule has 2 amide bonds. The van der Waals surface area contributed by atoms with Gasteiger partial charge in [0.25, 0.3) is 0 Å². The SMILES string of the molecule is CCCNC(=O)N1CC(OC(c2ccc(Cl)cc2)c2ccccc2Cl)C1. The summed E-state index contributed by atoms with van der Waals surface area (Å²) in [7, 11) is 0. The van der Waals surface area contributed by atoms with Crippen molar-refractivity contribution < 1.29 is 9.53 Å². The molecule has 1 N–H and O–H groups in total. The quantitative estimate of drug-likeness (QED) is 0.758. The molecule has 1 aliphatic rings. The van der Waals surface area contributed by atoms with Gasteiger partial charge >= 0.3 is 6.03 Å². The van der Waals surface area contributed by atoms with Crippen molar-refractivity contribution in [3.8, 4) is 0 Å². The third-order valence-corrected chi connectivity index (χ3v) is 4.95. The molecule has 2 aromatic carbocycles. The molecule has 138 valence electrons. The van der Waals surface area contributed by atoms with Crippen molar-refractivity contribution in [3.63, 3.8) is 0 Å². The summed E-state index contributed by atoms with van der Waals surface area (Å²) in [4.78, 5) is 13.7. The molecule has 0 saturated carbocycles. The smallest absolute Gasteiger partial charge is 0.317 e. The molecule has 0 aromatic heterocycles. The van der Waals surface area contributed by atoms with Crippen LogP contribution in [0.4, 0.5) is 4.79 Å². The van der Waals surface area contributed by atoms with Gasteiger partial charge < -0.3 is 15.0 Å². The second-order valence-corrected chi connectivity index (χ2v) is 7.19. The molecule has 0 aliphatic carbocycles. The number of nitrogens with one attached hydrogen (secondary N) is 1. The molecule has 0 spiro atoms. The van der Waals surface area contributed by atoms with Crippen molar-refractivity contribution in [2.24, 2.45) is 0 Å². The number of halogens is 2. The predicted molar refractivity (Wildman–Crippen MR) is 105 cm³/mol. The molecule has 1 atom stereocenters. The van der Waals surface area contributed by atoms with E-state index in [2.05, 4.69) is 5.32 Å². The predicted octanol–water partition coefficient (Wildman–Crippen LogP) is 4.90. The van der Waals surface area contributed by atoms with Gasteiger partial charge in [0, 0.05) is 22.2 Å². The average Bonchev–Trinajstić information content (AvgIpc) is 2.61. The van der Waals surface area contributed by atoms with E-state index >= 15 is 0 Å². The second-order valence-electron chi connectivity index (χ2n) is 6.35. The number of hydrogen-bond donors (Lipinski definition) is 1. The fourth-order valence-corrected chi connectivity index (χ4v) is 3.24. The number of benzene rings is 2. The van der Waals surface area contributed by atoms with Crippen LogP contribution >= 0.6 is 23.2 Å². The summed E-state index contributed by atoms with van der Waals surface area (Å²) in [6.45, 7) is 3.87. The zero-order chi connectivity index (χ0) is 18.5. The first kappa shape index (κ1) is 19.0. The Balaban J connectivity index is 1.71. The average molecular weight is 393 g/mol. The number of carbonyl (C=O) groups is 1. The van der Waals surface area contributed by atoms with Crippen LogP contribution in [0.2, 0.25) is 10.0 Å². The molecule has 1 unspecified atom stereocenters. The van der Waals surface area contributed by atoms with E-state index in [9.17, 15) is 4.79 Å². The molecule has 3 rings (SSSR count). The van der Waals surface area contributed by atoms with Crippen LogP contribution < -0.4 is 5.32 Å². The first-order chi connectivity index (χ1) is 12.6. The minimum absolute atomic E-state index is 0.0284. The maximum absolute atomic E-state index is 12.0. The van der Waals surface area contributed by atoms with Gasteiger partial charge in [-0.05, 0) is 30.2 Å². The van der Waals surface area contributed by atoms with E-state index < -0.39 is 0 Å². The van der Waals surface area contributed by atoms with Crippen LogP contribution in [0.3, 0.4) is 0 Å². The maximum atomic E-state index is 12.0.